The molecule has 0 saturated heterocycles. The lowest BCUT2D eigenvalue weighted by Crippen LogP contribution is -2.33. The first-order valence-electron chi connectivity index (χ1n) is 5.45. The molecule has 0 aliphatic carbocycles. The Balaban J connectivity index is 2.79. The first-order valence-corrected chi connectivity index (χ1v) is 5.45. The first-order chi connectivity index (χ1) is 7.93. The molecule has 1 aromatic carbocycles. The maximum absolute atomic E-state index is 11.8. The molecule has 0 spiro atoms. The Morgan fingerprint density at radius 2 is 1.71 bits per heavy atom. The first kappa shape index (κ1) is 13.2. The number of esters is 1. The number of likely N-dealkylation sites (N-methyl/N-ethyl adjacent to an activating group) is 1. The van der Waals surface area contributed by atoms with Gasteiger partial charge in [-0.05, 0) is 32.9 Å². The fourth-order valence-electron chi connectivity index (χ4n) is 1.58. The third kappa shape index (κ3) is 3.59. The van der Waals surface area contributed by atoms with Crippen LogP contribution >= 0.6 is 0 Å². The molecule has 0 saturated carbocycles. The molecule has 92 valence electrons. The molecule has 0 fully saturated rings. The Hall–Kier alpha value is -1.84. The van der Waals surface area contributed by atoms with E-state index in [2.05, 4.69) is 5.32 Å². The number of hydrogen-bond donors (Lipinski definition) is 1. The molecule has 1 rings (SSSR count). The Morgan fingerprint density at radius 3 is 2.18 bits per heavy atom. The van der Waals surface area contributed by atoms with Crippen LogP contribution in [0.3, 0.4) is 0 Å². The van der Waals surface area contributed by atoms with Crippen molar-refractivity contribution in [1.29, 1.82) is 0 Å². The predicted octanol–water partition coefficient (Wildman–Crippen LogP) is 1.59. The molecule has 0 aliphatic heterocycles. The number of carbonyl (C=O) groups excluding carboxylic acids is 2. The van der Waals surface area contributed by atoms with Gasteiger partial charge < -0.3 is 10.1 Å². The molecule has 0 radical (unpaired) electrons. The highest BCUT2D eigenvalue weighted by molar-refractivity contribution is 5.92. The van der Waals surface area contributed by atoms with Gasteiger partial charge >= 0.3 is 5.97 Å². The molecule has 0 heterocycles. The summed E-state index contributed by atoms with van der Waals surface area (Å²) in [5.41, 5.74) is 2.45. The zero-order valence-corrected chi connectivity index (χ0v) is 10.5. The summed E-state index contributed by atoms with van der Waals surface area (Å²) in [7, 11) is 1.50. The van der Waals surface area contributed by atoms with Crippen molar-refractivity contribution >= 4 is 11.9 Å². The van der Waals surface area contributed by atoms with Crippen LogP contribution in [0.15, 0.2) is 18.2 Å². The van der Waals surface area contributed by atoms with Crippen LogP contribution in [-0.2, 0) is 9.53 Å². The Kier molecular flexibility index (Phi) is 4.26. The van der Waals surface area contributed by atoms with E-state index < -0.39 is 12.1 Å². The SMILES string of the molecule is CNC(=O)[C@H](C)OC(=O)c1cc(C)cc(C)c1. The van der Waals surface area contributed by atoms with E-state index in [4.69, 9.17) is 4.74 Å². The Morgan fingerprint density at radius 1 is 1.18 bits per heavy atom. The van der Waals surface area contributed by atoms with Gasteiger partial charge in [-0.3, -0.25) is 4.79 Å². The summed E-state index contributed by atoms with van der Waals surface area (Å²) in [5.74, 6) is -0.796. The molecule has 4 nitrogen and oxygen atoms in total. The third-order valence-corrected chi connectivity index (χ3v) is 2.36. The molecule has 0 bridgehead atoms. The van der Waals surface area contributed by atoms with E-state index in [1.165, 1.54) is 7.05 Å². The van der Waals surface area contributed by atoms with Crippen LogP contribution in [-0.4, -0.2) is 25.0 Å². The highest BCUT2D eigenvalue weighted by Gasteiger charge is 2.17. The van der Waals surface area contributed by atoms with E-state index >= 15 is 0 Å². The highest BCUT2D eigenvalue weighted by Crippen LogP contribution is 2.11. The van der Waals surface area contributed by atoms with Crippen LogP contribution < -0.4 is 5.32 Å². The normalized spacial score (nSPS) is 11.8. The topological polar surface area (TPSA) is 55.4 Å². The van der Waals surface area contributed by atoms with E-state index in [1.807, 2.05) is 19.9 Å². The van der Waals surface area contributed by atoms with Crippen molar-refractivity contribution in [3.63, 3.8) is 0 Å². The third-order valence-electron chi connectivity index (χ3n) is 2.36. The van der Waals surface area contributed by atoms with Crippen LogP contribution in [0.25, 0.3) is 0 Å². The molecule has 17 heavy (non-hydrogen) atoms. The van der Waals surface area contributed by atoms with Crippen LogP contribution in [0, 0.1) is 13.8 Å². The molecule has 1 atom stereocenters. The minimum atomic E-state index is -0.784. The number of rotatable bonds is 3. The molecule has 0 aliphatic rings. The Bertz CT molecular complexity index is 420. The molecule has 1 amide bonds. The van der Waals surface area contributed by atoms with Crippen LogP contribution in [0.4, 0.5) is 0 Å². The van der Waals surface area contributed by atoms with Crippen molar-refractivity contribution in [2.24, 2.45) is 0 Å². The van der Waals surface area contributed by atoms with Gasteiger partial charge in [0.25, 0.3) is 5.91 Å². The van der Waals surface area contributed by atoms with Crippen LogP contribution in [0.5, 0.6) is 0 Å². The average Bonchev–Trinajstić information content (AvgIpc) is 2.26. The van der Waals surface area contributed by atoms with Gasteiger partial charge in [-0.2, -0.15) is 0 Å². The highest BCUT2D eigenvalue weighted by atomic mass is 16.5. The number of ether oxygens (including phenoxy) is 1. The number of benzene rings is 1. The van der Waals surface area contributed by atoms with Gasteiger partial charge in [0.05, 0.1) is 5.56 Å². The van der Waals surface area contributed by atoms with Crippen molar-refractivity contribution in [3.05, 3.63) is 34.9 Å². The lowest BCUT2D eigenvalue weighted by atomic mass is 10.1. The van der Waals surface area contributed by atoms with Crippen LogP contribution in [0.2, 0.25) is 0 Å². The summed E-state index contributed by atoms with van der Waals surface area (Å²) in [6, 6.07) is 5.46. The van der Waals surface area contributed by atoms with Gasteiger partial charge in [0.1, 0.15) is 0 Å². The summed E-state index contributed by atoms with van der Waals surface area (Å²) in [5, 5.41) is 2.43. The summed E-state index contributed by atoms with van der Waals surface area (Å²) in [6.45, 7) is 5.36. The summed E-state index contributed by atoms with van der Waals surface area (Å²) < 4.78 is 5.05. The second kappa shape index (κ2) is 5.48. The largest absolute Gasteiger partial charge is 0.449 e. The number of amides is 1. The maximum Gasteiger partial charge on any atom is 0.338 e. The van der Waals surface area contributed by atoms with Gasteiger partial charge in [-0.1, -0.05) is 17.2 Å². The van der Waals surface area contributed by atoms with Crippen molar-refractivity contribution < 1.29 is 14.3 Å². The van der Waals surface area contributed by atoms with E-state index in [0.29, 0.717) is 5.56 Å². The molecule has 1 N–H and O–H groups in total. The van der Waals surface area contributed by atoms with Gasteiger partial charge in [0, 0.05) is 7.05 Å². The monoisotopic (exact) mass is 235 g/mol. The molecule has 0 unspecified atom stereocenters. The smallest absolute Gasteiger partial charge is 0.338 e. The second-order valence-corrected chi connectivity index (χ2v) is 4.04. The zero-order chi connectivity index (χ0) is 13.0. The Labute approximate surface area is 101 Å². The van der Waals surface area contributed by atoms with E-state index in [1.54, 1.807) is 19.1 Å². The van der Waals surface area contributed by atoms with Crippen molar-refractivity contribution in [2.45, 2.75) is 26.9 Å². The molecule has 4 heteroatoms. The van der Waals surface area contributed by atoms with Gasteiger partial charge in [-0.15, -0.1) is 0 Å². The predicted molar refractivity (Wildman–Crippen MR) is 64.9 cm³/mol. The maximum atomic E-state index is 11.8. The number of nitrogens with one attached hydrogen (secondary N) is 1. The van der Waals surface area contributed by atoms with E-state index in [9.17, 15) is 9.59 Å². The average molecular weight is 235 g/mol. The molecular weight excluding hydrogens is 218 g/mol. The fourth-order valence-corrected chi connectivity index (χ4v) is 1.58. The number of hydrogen-bond acceptors (Lipinski definition) is 3. The lowest BCUT2D eigenvalue weighted by Gasteiger charge is -2.12. The lowest BCUT2D eigenvalue weighted by molar-refractivity contribution is -0.128. The van der Waals surface area contributed by atoms with Crippen molar-refractivity contribution in [3.8, 4) is 0 Å². The zero-order valence-electron chi connectivity index (χ0n) is 10.5. The minimum absolute atomic E-state index is 0.317. The van der Waals surface area contributed by atoms with E-state index in [-0.39, 0.29) is 5.91 Å². The molecule has 0 aromatic heterocycles. The van der Waals surface area contributed by atoms with Gasteiger partial charge in [0.15, 0.2) is 6.10 Å². The van der Waals surface area contributed by atoms with E-state index in [0.717, 1.165) is 11.1 Å². The van der Waals surface area contributed by atoms with Crippen LogP contribution in [0.1, 0.15) is 28.4 Å². The molecular formula is C13H17NO3. The number of carbonyl (C=O) groups is 2. The van der Waals surface area contributed by atoms with Gasteiger partial charge in [0.2, 0.25) is 0 Å². The standard InChI is InChI=1S/C13H17NO3/c1-8-5-9(2)7-11(6-8)13(16)17-10(3)12(15)14-4/h5-7,10H,1-4H3,(H,14,15)/t10-/m0/s1. The van der Waals surface area contributed by atoms with Crippen molar-refractivity contribution in [1.82, 2.24) is 5.32 Å². The summed E-state index contributed by atoms with van der Waals surface area (Å²) >= 11 is 0. The number of aryl methyl sites for hydroxylation is 2. The quantitative estimate of drug-likeness (QED) is 0.809. The summed E-state index contributed by atoms with van der Waals surface area (Å²) in [4.78, 5) is 23.0. The molecule has 1 aromatic rings. The minimum Gasteiger partial charge on any atom is -0.449 e. The second-order valence-electron chi connectivity index (χ2n) is 4.04. The summed E-state index contributed by atoms with van der Waals surface area (Å²) in [6.07, 6.45) is -0.784. The fraction of sp³-hybridized carbons (Fsp3) is 0.385. The van der Waals surface area contributed by atoms with Gasteiger partial charge in [-0.25, -0.2) is 4.79 Å². The van der Waals surface area contributed by atoms with Crippen molar-refractivity contribution in [2.75, 3.05) is 7.05 Å².